The minimum atomic E-state index is -0.603. The lowest BCUT2D eigenvalue weighted by Crippen LogP contribution is -2.34. The van der Waals surface area contributed by atoms with Crippen LogP contribution in [0.4, 0.5) is 4.39 Å². The molecule has 1 fully saturated rings. The van der Waals surface area contributed by atoms with Gasteiger partial charge in [-0.3, -0.25) is 4.79 Å². The fraction of sp³-hybridized carbons (Fsp3) is 0.462. The molecule has 0 spiro atoms. The van der Waals surface area contributed by atoms with Crippen LogP contribution in [0.3, 0.4) is 0 Å². The molecule has 1 unspecified atom stereocenters. The van der Waals surface area contributed by atoms with Crippen LogP contribution >= 0.6 is 0 Å². The summed E-state index contributed by atoms with van der Waals surface area (Å²) in [4.78, 5) is 11.7. The summed E-state index contributed by atoms with van der Waals surface area (Å²) in [5, 5.41) is 2.70. The van der Waals surface area contributed by atoms with Gasteiger partial charge >= 0.3 is 0 Å². The number of amides is 1. The second-order valence-electron chi connectivity index (χ2n) is 4.67. The highest BCUT2D eigenvalue weighted by Gasteiger charge is 2.32. The molecule has 98 valence electrons. The number of halogens is 1. The van der Waals surface area contributed by atoms with E-state index in [1.54, 1.807) is 6.07 Å². The third-order valence-electron chi connectivity index (χ3n) is 2.64. The smallest absolute Gasteiger partial charge is 0.251 e. The predicted octanol–water partition coefficient (Wildman–Crippen LogP) is 1.71. The quantitative estimate of drug-likeness (QED) is 0.892. The molecule has 1 N–H and O–H groups in total. The number of ether oxygens (including phenoxy) is 2. The van der Waals surface area contributed by atoms with Crippen LogP contribution in [-0.2, 0) is 9.47 Å². The van der Waals surface area contributed by atoms with E-state index in [0.29, 0.717) is 18.7 Å². The number of carbonyl (C=O) groups is 1. The van der Waals surface area contributed by atoms with Crippen molar-refractivity contribution in [2.45, 2.75) is 25.7 Å². The maximum Gasteiger partial charge on any atom is 0.251 e. The highest BCUT2D eigenvalue weighted by Crippen LogP contribution is 2.21. The van der Waals surface area contributed by atoms with E-state index in [9.17, 15) is 9.18 Å². The van der Waals surface area contributed by atoms with Crippen molar-refractivity contribution in [2.75, 3.05) is 13.2 Å². The SMILES string of the molecule is CC1(C)OCC(CNC(=O)c2cccc(F)c2)O1. The molecule has 1 aliphatic rings. The second kappa shape index (κ2) is 5.04. The Bertz CT molecular complexity index is 448. The van der Waals surface area contributed by atoms with Crippen LogP contribution in [-0.4, -0.2) is 30.9 Å². The molecule has 0 saturated carbocycles. The van der Waals surface area contributed by atoms with Crippen molar-refractivity contribution < 1.29 is 18.7 Å². The van der Waals surface area contributed by atoms with Gasteiger partial charge in [0.1, 0.15) is 11.9 Å². The zero-order valence-electron chi connectivity index (χ0n) is 10.4. The van der Waals surface area contributed by atoms with Gasteiger partial charge in [0.15, 0.2) is 5.79 Å². The molecule has 1 saturated heterocycles. The molecule has 1 amide bonds. The third-order valence-corrected chi connectivity index (χ3v) is 2.64. The first-order valence-electron chi connectivity index (χ1n) is 5.82. The number of rotatable bonds is 3. The highest BCUT2D eigenvalue weighted by atomic mass is 19.1. The zero-order chi connectivity index (χ0) is 13.2. The van der Waals surface area contributed by atoms with E-state index in [-0.39, 0.29) is 12.0 Å². The van der Waals surface area contributed by atoms with Crippen LogP contribution in [0, 0.1) is 5.82 Å². The van der Waals surface area contributed by atoms with Crippen LogP contribution < -0.4 is 5.32 Å². The van der Waals surface area contributed by atoms with Crippen LogP contribution in [0.2, 0.25) is 0 Å². The molecule has 2 rings (SSSR count). The van der Waals surface area contributed by atoms with E-state index in [1.807, 2.05) is 13.8 Å². The van der Waals surface area contributed by atoms with Gasteiger partial charge in [0.05, 0.1) is 6.61 Å². The number of hydrogen-bond donors (Lipinski definition) is 1. The van der Waals surface area contributed by atoms with E-state index >= 15 is 0 Å². The Labute approximate surface area is 105 Å². The summed E-state index contributed by atoms with van der Waals surface area (Å²) < 4.78 is 23.9. The lowest BCUT2D eigenvalue weighted by Gasteiger charge is -2.17. The molecule has 1 heterocycles. The Hall–Kier alpha value is -1.46. The lowest BCUT2D eigenvalue weighted by atomic mass is 10.2. The Kier molecular flexibility index (Phi) is 3.63. The van der Waals surface area contributed by atoms with E-state index in [1.165, 1.54) is 18.2 Å². The largest absolute Gasteiger partial charge is 0.349 e. The molecule has 4 nitrogen and oxygen atoms in total. The molecule has 1 atom stereocenters. The Morgan fingerprint density at radius 2 is 2.33 bits per heavy atom. The summed E-state index contributed by atoms with van der Waals surface area (Å²) in [6, 6.07) is 5.56. The van der Waals surface area contributed by atoms with Crippen molar-refractivity contribution in [1.82, 2.24) is 5.32 Å². The van der Waals surface area contributed by atoms with E-state index < -0.39 is 11.6 Å². The first kappa shape index (κ1) is 13.0. The molecule has 0 aliphatic carbocycles. The van der Waals surface area contributed by atoms with Crippen molar-refractivity contribution in [3.63, 3.8) is 0 Å². The molecule has 1 aliphatic heterocycles. The fourth-order valence-electron chi connectivity index (χ4n) is 1.80. The topological polar surface area (TPSA) is 47.6 Å². The van der Waals surface area contributed by atoms with Gasteiger partial charge in [-0.2, -0.15) is 0 Å². The van der Waals surface area contributed by atoms with Crippen LogP contribution in [0.1, 0.15) is 24.2 Å². The van der Waals surface area contributed by atoms with Gasteiger partial charge in [-0.25, -0.2) is 4.39 Å². The molecular formula is C13H16FNO3. The minimum absolute atomic E-state index is 0.169. The molecule has 1 aromatic carbocycles. The van der Waals surface area contributed by atoms with Crippen LogP contribution in [0.25, 0.3) is 0 Å². The maximum atomic E-state index is 12.9. The normalized spacial score (nSPS) is 21.8. The van der Waals surface area contributed by atoms with Gasteiger partial charge in [0, 0.05) is 12.1 Å². The molecule has 18 heavy (non-hydrogen) atoms. The van der Waals surface area contributed by atoms with Gasteiger partial charge in [0.25, 0.3) is 5.91 Å². The number of carbonyl (C=O) groups excluding carboxylic acids is 1. The Morgan fingerprint density at radius 1 is 1.56 bits per heavy atom. The standard InChI is InChI=1S/C13H16FNO3/c1-13(2)17-8-11(18-13)7-15-12(16)9-4-3-5-10(14)6-9/h3-6,11H,7-8H2,1-2H3,(H,15,16). The van der Waals surface area contributed by atoms with Crippen molar-refractivity contribution in [3.8, 4) is 0 Å². The van der Waals surface area contributed by atoms with E-state index in [0.717, 1.165) is 0 Å². The van der Waals surface area contributed by atoms with Gasteiger partial charge in [0.2, 0.25) is 0 Å². The first-order chi connectivity index (χ1) is 8.46. The molecule has 1 aromatic rings. The van der Waals surface area contributed by atoms with E-state index in [2.05, 4.69) is 5.32 Å². The lowest BCUT2D eigenvalue weighted by molar-refractivity contribution is -0.137. The predicted molar refractivity (Wildman–Crippen MR) is 63.6 cm³/mol. The third kappa shape index (κ3) is 3.27. The average Bonchev–Trinajstić information content (AvgIpc) is 2.66. The summed E-state index contributed by atoms with van der Waals surface area (Å²) in [6.07, 6.45) is -0.169. The zero-order valence-corrected chi connectivity index (χ0v) is 10.4. The Balaban J connectivity index is 1.86. The monoisotopic (exact) mass is 253 g/mol. The molecule has 0 bridgehead atoms. The van der Waals surface area contributed by atoms with Gasteiger partial charge in [-0.05, 0) is 32.0 Å². The van der Waals surface area contributed by atoms with Crippen molar-refractivity contribution >= 4 is 5.91 Å². The average molecular weight is 253 g/mol. The number of hydrogen-bond acceptors (Lipinski definition) is 3. The summed E-state index contributed by atoms with van der Waals surface area (Å²) >= 11 is 0. The van der Waals surface area contributed by atoms with Crippen molar-refractivity contribution in [3.05, 3.63) is 35.6 Å². The number of nitrogens with one attached hydrogen (secondary N) is 1. The van der Waals surface area contributed by atoms with Crippen molar-refractivity contribution in [1.29, 1.82) is 0 Å². The van der Waals surface area contributed by atoms with Gasteiger partial charge in [-0.15, -0.1) is 0 Å². The summed E-state index contributed by atoms with van der Waals surface area (Å²) in [7, 11) is 0. The molecule has 0 aromatic heterocycles. The fourth-order valence-corrected chi connectivity index (χ4v) is 1.80. The highest BCUT2D eigenvalue weighted by molar-refractivity contribution is 5.94. The van der Waals surface area contributed by atoms with Crippen molar-refractivity contribution in [2.24, 2.45) is 0 Å². The summed E-state index contributed by atoms with van der Waals surface area (Å²) in [5.74, 6) is -1.35. The number of benzene rings is 1. The first-order valence-corrected chi connectivity index (χ1v) is 5.82. The molecule has 5 heteroatoms. The minimum Gasteiger partial charge on any atom is -0.349 e. The molecular weight excluding hydrogens is 237 g/mol. The van der Waals surface area contributed by atoms with Crippen LogP contribution in [0.15, 0.2) is 24.3 Å². The van der Waals surface area contributed by atoms with E-state index in [4.69, 9.17) is 9.47 Å². The van der Waals surface area contributed by atoms with Gasteiger partial charge in [-0.1, -0.05) is 6.07 Å². The van der Waals surface area contributed by atoms with Gasteiger partial charge < -0.3 is 14.8 Å². The summed E-state index contributed by atoms with van der Waals surface area (Å²) in [6.45, 7) is 4.43. The molecule has 0 radical (unpaired) electrons. The summed E-state index contributed by atoms with van der Waals surface area (Å²) in [5.41, 5.74) is 0.299. The maximum absolute atomic E-state index is 12.9. The second-order valence-corrected chi connectivity index (χ2v) is 4.67. The Morgan fingerprint density at radius 3 is 2.94 bits per heavy atom. The van der Waals surface area contributed by atoms with Crippen LogP contribution in [0.5, 0.6) is 0 Å².